The molecule has 1 aromatic carbocycles. The molecular formula is C12H12N2O4. The van der Waals surface area contributed by atoms with E-state index in [0.717, 1.165) is 11.3 Å². The molecule has 3 rings (SSSR count). The van der Waals surface area contributed by atoms with Crippen molar-refractivity contribution in [3.8, 4) is 11.5 Å². The fourth-order valence-electron chi connectivity index (χ4n) is 2.01. The van der Waals surface area contributed by atoms with E-state index in [-0.39, 0.29) is 18.7 Å². The van der Waals surface area contributed by atoms with E-state index in [1.807, 2.05) is 18.2 Å². The summed E-state index contributed by atoms with van der Waals surface area (Å²) >= 11 is 0. The second-order valence-corrected chi connectivity index (χ2v) is 4.21. The van der Waals surface area contributed by atoms with Crippen molar-refractivity contribution in [3.63, 3.8) is 0 Å². The van der Waals surface area contributed by atoms with E-state index < -0.39 is 0 Å². The molecule has 6 heteroatoms. The molecule has 0 unspecified atom stereocenters. The highest BCUT2D eigenvalue weighted by Crippen LogP contribution is 2.32. The molecule has 0 saturated carbocycles. The minimum absolute atomic E-state index is 0.220. The molecule has 1 N–H and O–H groups in total. The number of urea groups is 1. The maximum atomic E-state index is 11.6. The Morgan fingerprint density at radius 2 is 2.06 bits per heavy atom. The number of hydrogen-bond donors (Lipinski definition) is 1. The number of hydrogen-bond acceptors (Lipinski definition) is 4. The zero-order valence-corrected chi connectivity index (χ0v) is 9.64. The van der Waals surface area contributed by atoms with Crippen molar-refractivity contribution in [3.05, 3.63) is 23.8 Å². The third kappa shape index (κ3) is 1.97. The summed E-state index contributed by atoms with van der Waals surface area (Å²) in [5.41, 5.74) is 0.948. The van der Waals surface area contributed by atoms with E-state index >= 15 is 0 Å². The van der Waals surface area contributed by atoms with Crippen LogP contribution in [0.1, 0.15) is 12.0 Å². The molecule has 1 aromatic rings. The molecule has 0 radical (unpaired) electrons. The molecule has 18 heavy (non-hydrogen) atoms. The lowest BCUT2D eigenvalue weighted by Crippen LogP contribution is -2.48. The number of benzene rings is 1. The van der Waals surface area contributed by atoms with E-state index in [1.165, 1.54) is 0 Å². The van der Waals surface area contributed by atoms with Gasteiger partial charge in [0.05, 0.1) is 0 Å². The predicted molar refractivity (Wildman–Crippen MR) is 61.1 cm³/mol. The van der Waals surface area contributed by atoms with Gasteiger partial charge in [-0.1, -0.05) is 6.07 Å². The number of ether oxygens (including phenoxy) is 2. The van der Waals surface area contributed by atoms with Gasteiger partial charge >= 0.3 is 6.03 Å². The molecular weight excluding hydrogens is 236 g/mol. The van der Waals surface area contributed by atoms with Crippen LogP contribution in [0.15, 0.2) is 18.2 Å². The lowest BCUT2D eigenvalue weighted by Gasteiger charge is -2.26. The van der Waals surface area contributed by atoms with Crippen LogP contribution in [-0.4, -0.2) is 30.2 Å². The van der Waals surface area contributed by atoms with E-state index in [2.05, 4.69) is 5.32 Å². The topological polar surface area (TPSA) is 67.9 Å². The third-order valence-electron chi connectivity index (χ3n) is 2.95. The summed E-state index contributed by atoms with van der Waals surface area (Å²) < 4.78 is 10.5. The van der Waals surface area contributed by atoms with Gasteiger partial charge in [-0.3, -0.25) is 10.1 Å². The van der Waals surface area contributed by atoms with Gasteiger partial charge in [-0.15, -0.1) is 0 Å². The van der Waals surface area contributed by atoms with Crippen LogP contribution in [0.4, 0.5) is 4.79 Å². The first-order valence-corrected chi connectivity index (χ1v) is 5.70. The first-order valence-electron chi connectivity index (χ1n) is 5.70. The van der Waals surface area contributed by atoms with Gasteiger partial charge in [0, 0.05) is 19.5 Å². The molecule has 1 saturated heterocycles. The second-order valence-electron chi connectivity index (χ2n) is 4.21. The Balaban J connectivity index is 1.73. The van der Waals surface area contributed by atoms with Gasteiger partial charge in [0.1, 0.15) is 0 Å². The SMILES string of the molecule is O=C1CCN(Cc2ccc3c(c2)OCO3)C(=O)N1. The maximum absolute atomic E-state index is 11.6. The molecule has 0 atom stereocenters. The van der Waals surface area contributed by atoms with Crippen LogP contribution < -0.4 is 14.8 Å². The molecule has 2 heterocycles. The zero-order valence-electron chi connectivity index (χ0n) is 9.64. The van der Waals surface area contributed by atoms with Crippen molar-refractivity contribution in [1.29, 1.82) is 0 Å². The number of amides is 3. The predicted octanol–water partition coefficient (Wildman–Crippen LogP) is 0.857. The van der Waals surface area contributed by atoms with Crippen LogP contribution in [0.3, 0.4) is 0 Å². The molecule has 2 aliphatic rings. The summed E-state index contributed by atoms with van der Waals surface area (Å²) in [5.74, 6) is 1.19. The fraction of sp³-hybridized carbons (Fsp3) is 0.333. The summed E-state index contributed by atoms with van der Waals surface area (Å²) in [7, 11) is 0. The van der Waals surface area contributed by atoms with Crippen molar-refractivity contribution in [2.75, 3.05) is 13.3 Å². The summed E-state index contributed by atoms with van der Waals surface area (Å²) in [4.78, 5) is 24.2. The Morgan fingerprint density at radius 3 is 2.89 bits per heavy atom. The van der Waals surface area contributed by atoms with Gasteiger partial charge in [0.25, 0.3) is 0 Å². The van der Waals surface area contributed by atoms with E-state index in [0.29, 0.717) is 25.3 Å². The highest BCUT2D eigenvalue weighted by Gasteiger charge is 2.23. The minimum atomic E-state index is -0.344. The first-order chi connectivity index (χ1) is 8.72. The molecule has 0 aromatic heterocycles. The number of fused-ring (bicyclic) bond motifs is 1. The summed E-state index contributed by atoms with van der Waals surface area (Å²) in [5, 5.41) is 2.29. The Morgan fingerprint density at radius 1 is 1.22 bits per heavy atom. The molecule has 0 aliphatic carbocycles. The van der Waals surface area contributed by atoms with E-state index in [9.17, 15) is 9.59 Å². The van der Waals surface area contributed by atoms with Crippen LogP contribution in [0.5, 0.6) is 11.5 Å². The normalized spacial score (nSPS) is 17.9. The van der Waals surface area contributed by atoms with Crippen molar-refractivity contribution in [2.45, 2.75) is 13.0 Å². The fourth-order valence-corrected chi connectivity index (χ4v) is 2.01. The second kappa shape index (κ2) is 4.21. The van der Waals surface area contributed by atoms with Crippen molar-refractivity contribution < 1.29 is 19.1 Å². The van der Waals surface area contributed by atoms with Gasteiger partial charge in [0.15, 0.2) is 11.5 Å². The monoisotopic (exact) mass is 248 g/mol. The van der Waals surface area contributed by atoms with Gasteiger partial charge in [0.2, 0.25) is 12.7 Å². The van der Waals surface area contributed by atoms with Crippen LogP contribution in [0, 0.1) is 0 Å². The summed E-state index contributed by atoms with van der Waals surface area (Å²) in [6.45, 7) is 1.13. The van der Waals surface area contributed by atoms with E-state index in [4.69, 9.17) is 9.47 Å². The number of carbonyl (C=O) groups is 2. The summed E-state index contributed by atoms with van der Waals surface area (Å²) in [6, 6.07) is 5.22. The Hall–Kier alpha value is -2.24. The van der Waals surface area contributed by atoms with Crippen molar-refractivity contribution in [1.82, 2.24) is 10.2 Å². The molecule has 0 bridgehead atoms. The lowest BCUT2D eigenvalue weighted by molar-refractivity contribution is -0.121. The zero-order chi connectivity index (χ0) is 12.5. The van der Waals surface area contributed by atoms with Gasteiger partial charge in [-0.25, -0.2) is 4.79 Å². The van der Waals surface area contributed by atoms with Gasteiger partial charge in [-0.05, 0) is 17.7 Å². The summed E-state index contributed by atoms with van der Waals surface area (Å²) in [6.07, 6.45) is 0.344. The standard InChI is InChI=1S/C12H12N2O4/c15-11-3-4-14(12(16)13-11)6-8-1-2-9-10(5-8)18-7-17-9/h1-2,5H,3-4,6-7H2,(H,13,15,16). The molecule has 3 amide bonds. The average Bonchev–Trinajstić information content (AvgIpc) is 2.80. The Bertz CT molecular complexity index is 515. The smallest absolute Gasteiger partial charge is 0.324 e. The molecule has 6 nitrogen and oxygen atoms in total. The number of nitrogens with zero attached hydrogens (tertiary/aromatic N) is 1. The molecule has 94 valence electrons. The number of carbonyl (C=O) groups excluding carboxylic acids is 2. The van der Waals surface area contributed by atoms with Crippen LogP contribution in [0.2, 0.25) is 0 Å². The molecule has 1 fully saturated rings. The largest absolute Gasteiger partial charge is 0.454 e. The van der Waals surface area contributed by atoms with Gasteiger partial charge < -0.3 is 14.4 Å². The van der Waals surface area contributed by atoms with Crippen molar-refractivity contribution in [2.24, 2.45) is 0 Å². The number of rotatable bonds is 2. The molecule has 2 aliphatic heterocycles. The highest BCUT2D eigenvalue weighted by atomic mass is 16.7. The van der Waals surface area contributed by atoms with Crippen LogP contribution in [0.25, 0.3) is 0 Å². The van der Waals surface area contributed by atoms with Crippen molar-refractivity contribution >= 4 is 11.9 Å². The van der Waals surface area contributed by atoms with Gasteiger partial charge in [-0.2, -0.15) is 0 Å². The number of imide groups is 1. The lowest BCUT2D eigenvalue weighted by atomic mass is 10.2. The molecule has 0 spiro atoms. The van der Waals surface area contributed by atoms with E-state index in [1.54, 1.807) is 4.90 Å². The highest BCUT2D eigenvalue weighted by molar-refractivity contribution is 5.96. The quantitative estimate of drug-likeness (QED) is 0.842. The number of nitrogens with one attached hydrogen (secondary N) is 1. The van der Waals surface area contributed by atoms with Crippen LogP contribution >= 0.6 is 0 Å². The Kier molecular flexibility index (Phi) is 2.55. The first kappa shape index (κ1) is 10.9. The maximum Gasteiger partial charge on any atom is 0.324 e. The average molecular weight is 248 g/mol. The Labute approximate surface area is 103 Å². The minimum Gasteiger partial charge on any atom is -0.454 e. The van der Waals surface area contributed by atoms with Crippen LogP contribution in [-0.2, 0) is 11.3 Å². The third-order valence-corrected chi connectivity index (χ3v) is 2.95.